The predicted octanol–water partition coefficient (Wildman–Crippen LogP) is 1.51. The van der Waals surface area contributed by atoms with Gasteiger partial charge in [-0.25, -0.2) is 0 Å². The van der Waals surface area contributed by atoms with Crippen molar-refractivity contribution in [1.29, 1.82) is 0 Å². The SMILES string of the molecule is COc1coc(C(=O)N2CC[C@]3(CCCN(C(C)C)C3=O)C2)cc1=O. The summed E-state index contributed by atoms with van der Waals surface area (Å²) in [7, 11) is 1.37. The van der Waals surface area contributed by atoms with Crippen molar-refractivity contribution in [3.05, 3.63) is 28.3 Å². The average molecular weight is 348 g/mol. The molecule has 136 valence electrons. The van der Waals surface area contributed by atoms with Crippen molar-refractivity contribution in [2.24, 2.45) is 5.41 Å². The third kappa shape index (κ3) is 3.03. The quantitative estimate of drug-likeness (QED) is 0.827. The van der Waals surface area contributed by atoms with Crippen LogP contribution >= 0.6 is 0 Å². The van der Waals surface area contributed by atoms with Crippen molar-refractivity contribution in [3.8, 4) is 5.75 Å². The van der Waals surface area contributed by atoms with Crippen LogP contribution in [0.1, 0.15) is 43.7 Å². The maximum absolute atomic E-state index is 12.9. The van der Waals surface area contributed by atoms with Crippen LogP contribution in [0.4, 0.5) is 0 Å². The second-order valence-electron chi connectivity index (χ2n) is 7.13. The number of ether oxygens (including phenoxy) is 1. The van der Waals surface area contributed by atoms with E-state index < -0.39 is 10.8 Å². The van der Waals surface area contributed by atoms with E-state index in [9.17, 15) is 14.4 Å². The molecule has 2 fully saturated rings. The van der Waals surface area contributed by atoms with Crippen molar-refractivity contribution in [3.63, 3.8) is 0 Å². The first-order chi connectivity index (χ1) is 11.9. The van der Waals surface area contributed by atoms with Gasteiger partial charge in [-0.05, 0) is 33.1 Å². The maximum Gasteiger partial charge on any atom is 0.289 e. The molecule has 2 aliphatic rings. The van der Waals surface area contributed by atoms with Crippen molar-refractivity contribution < 1.29 is 18.7 Å². The lowest BCUT2D eigenvalue weighted by molar-refractivity contribution is -0.147. The summed E-state index contributed by atoms with van der Waals surface area (Å²) in [6, 6.07) is 1.31. The Morgan fingerprint density at radius 2 is 2.04 bits per heavy atom. The highest BCUT2D eigenvalue weighted by atomic mass is 16.5. The molecule has 0 aliphatic carbocycles. The normalized spacial score (nSPS) is 23.6. The van der Waals surface area contributed by atoms with Gasteiger partial charge < -0.3 is 19.0 Å². The van der Waals surface area contributed by atoms with Gasteiger partial charge in [0, 0.05) is 31.7 Å². The average Bonchev–Trinajstić information content (AvgIpc) is 3.01. The van der Waals surface area contributed by atoms with E-state index in [1.54, 1.807) is 4.90 Å². The molecule has 1 aromatic rings. The van der Waals surface area contributed by atoms with Gasteiger partial charge in [-0.1, -0.05) is 0 Å². The minimum atomic E-state index is -0.495. The summed E-state index contributed by atoms with van der Waals surface area (Å²) in [6.07, 6.45) is 3.55. The molecule has 25 heavy (non-hydrogen) atoms. The van der Waals surface area contributed by atoms with Crippen molar-refractivity contribution >= 4 is 11.8 Å². The lowest BCUT2D eigenvalue weighted by Crippen LogP contribution is -2.52. The lowest BCUT2D eigenvalue weighted by Gasteiger charge is -2.41. The Kier molecular flexibility index (Phi) is 4.58. The fourth-order valence-corrected chi connectivity index (χ4v) is 3.83. The van der Waals surface area contributed by atoms with Gasteiger partial charge in [0.1, 0.15) is 6.26 Å². The highest BCUT2D eigenvalue weighted by Gasteiger charge is 2.50. The Morgan fingerprint density at radius 3 is 2.68 bits per heavy atom. The predicted molar refractivity (Wildman–Crippen MR) is 90.6 cm³/mol. The molecule has 7 heteroatoms. The molecule has 0 aromatic carbocycles. The van der Waals surface area contributed by atoms with Gasteiger partial charge in [-0.3, -0.25) is 14.4 Å². The molecule has 1 aromatic heterocycles. The summed E-state index contributed by atoms with van der Waals surface area (Å²) in [5.74, 6) is -0.178. The molecule has 0 radical (unpaired) electrons. The fourth-order valence-electron chi connectivity index (χ4n) is 3.83. The van der Waals surface area contributed by atoms with Crippen LogP contribution in [0.2, 0.25) is 0 Å². The lowest BCUT2D eigenvalue weighted by atomic mass is 9.78. The van der Waals surface area contributed by atoms with Crippen LogP contribution in [0.5, 0.6) is 5.75 Å². The van der Waals surface area contributed by atoms with Crippen LogP contribution in [-0.4, -0.2) is 54.4 Å². The van der Waals surface area contributed by atoms with Crippen molar-refractivity contribution in [2.75, 3.05) is 26.7 Å². The van der Waals surface area contributed by atoms with Gasteiger partial charge in [0.15, 0.2) is 5.76 Å². The molecular formula is C18H24N2O5. The smallest absolute Gasteiger partial charge is 0.289 e. The molecule has 3 rings (SSSR count). The van der Waals surface area contributed by atoms with Gasteiger partial charge in [-0.15, -0.1) is 0 Å². The largest absolute Gasteiger partial charge is 0.490 e. The van der Waals surface area contributed by atoms with Crippen LogP contribution in [0.25, 0.3) is 0 Å². The number of carbonyl (C=O) groups excluding carboxylic acids is 2. The number of likely N-dealkylation sites (tertiary alicyclic amines) is 2. The number of amides is 2. The van der Waals surface area contributed by atoms with Gasteiger partial charge in [0.25, 0.3) is 5.91 Å². The molecule has 0 unspecified atom stereocenters. The maximum atomic E-state index is 12.9. The number of hydrogen-bond donors (Lipinski definition) is 0. The van der Waals surface area contributed by atoms with Crippen molar-refractivity contribution in [2.45, 2.75) is 39.2 Å². The van der Waals surface area contributed by atoms with Gasteiger partial charge in [0.05, 0.1) is 12.5 Å². The monoisotopic (exact) mass is 348 g/mol. The van der Waals surface area contributed by atoms with Gasteiger partial charge in [0.2, 0.25) is 17.1 Å². The zero-order valence-corrected chi connectivity index (χ0v) is 14.9. The number of carbonyl (C=O) groups is 2. The summed E-state index contributed by atoms with van der Waals surface area (Å²) in [5, 5.41) is 0. The van der Waals surface area contributed by atoms with Crippen molar-refractivity contribution in [1.82, 2.24) is 9.80 Å². The first-order valence-electron chi connectivity index (χ1n) is 8.65. The minimum Gasteiger partial charge on any atom is -0.490 e. The van der Waals surface area contributed by atoms with E-state index in [1.807, 2.05) is 18.7 Å². The topological polar surface area (TPSA) is 80.1 Å². The zero-order valence-electron chi connectivity index (χ0n) is 14.9. The van der Waals surface area contributed by atoms with E-state index in [2.05, 4.69) is 0 Å². The van der Waals surface area contributed by atoms with Crippen LogP contribution in [0, 0.1) is 5.41 Å². The van der Waals surface area contributed by atoms with E-state index >= 15 is 0 Å². The third-order valence-electron chi connectivity index (χ3n) is 5.26. The van der Waals surface area contributed by atoms with Crippen LogP contribution in [0.3, 0.4) is 0 Å². The standard InChI is InChI=1S/C18H24N2O5/c1-12(2)20-7-4-5-18(17(20)23)6-8-19(11-18)16(22)14-9-13(21)15(24-3)10-25-14/h9-10,12H,4-8,11H2,1-3H3/t18-/m1/s1. The third-order valence-corrected chi connectivity index (χ3v) is 5.26. The summed E-state index contributed by atoms with van der Waals surface area (Å²) in [4.78, 5) is 41.0. The molecule has 2 amide bonds. The van der Waals surface area contributed by atoms with E-state index in [1.165, 1.54) is 7.11 Å². The Balaban J connectivity index is 1.78. The van der Waals surface area contributed by atoms with Gasteiger partial charge >= 0.3 is 0 Å². The number of hydrogen-bond acceptors (Lipinski definition) is 5. The van der Waals surface area contributed by atoms with E-state index in [0.29, 0.717) is 19.5 Å². The minimum absolute atomic E-state index is 0.0215. The Hall–Kier alpha value is -2.31. The zero-order chi connectivity index (χ0) is 18.2. The molecule has 1 atom stereocenters. The molecule has 1 spiro atoms. The molecule has 2 saturated heterocycles. The van der Waals surface area contributed by atoms with E-state index in [0.717, 1.165) is 31.7 Å². The summed E-state index contributed by atoms with van der Waals surface area (Å²) in [6.45, 7) is 5.68. The van der Waals surface area contributed by atoms with Crippen LogP contribution in [-0.2, 0) is 4.79 Å². The van der Waals surface area contributed by atoms with Crippen LogP contribution in [0.15, 0.2) is 21.5 Å². The second-order valence-corrected chi connectivity index (χ2v) is 7.13. The number of piperidine rings is 1. The Bertz CT molecular complexity index is 741. The van der Waals surface area contributed by atoms with Crippen LogP contribution < -0.4 is 10.2 Å². The highest BCUT2D eigenvalue weighted by Crippen LogP contribution is 2.41. The van der Waals surface area contributed by atoms with E-state index in [4.69, 9.17) is 9.15 Å². The summed E-state index contributed by atoms with van der Waals surface area (Å²) >= 11 is 0. The number of methoxy groups -OCH3 is 1. The number of rotatable bonds is 3. The molecule has 7 nitrogen and oxygen atoms in total. The van der Waals surface area contributed by atoms with Gasteiger partial charge in [-0.2, -0.15) is 0 Å². The van der Waals surface area contributed by atoms with E-state index in [-0.39, 0.29) is 29.4 Å². The summed E-state index contributed by atoms with van der Waals surface area (Å²) < 4.78 is 10.1. The molecule has 2 aliphatic heterocycles. The molecule has 0 bridgehead atoms. The first kappa shape index (κ1) is 17.5. The second kappa shape index (κ2) is 6.54. The molecule has 0 N–H and O–H groups in total. The molecule has 3 heterocycles. The fraction of sp³-hybridized carbons (Fsp3) is 0.611. The first-order valence-corrected chi connectivity index (χ1v) is 8.65. The summed E-state index contributed by atoms with van der Waals surface area (Å²) in [5.41, 5.74) is -0.893. The molecule has 0 saturated carbocycles. The highest BCUT2D eigenvalue weighted by molar-refractivity contribution is 5.93. The number of nitrogens with zero attached hydrogens (tertiary/aromatic N) is 2. The Labute approximate surface area is 146 Å². The molecular weight excluding hydrogens is 324 g/mol. The Morgan fingerprint density at radius 1 is 1.28 bits per heavy atom.